The van der Waals surface area contributed by atoms with Crippen molar-refractivity contribution in [2.45, 2.75) is 38.3 Å². The predicted molar refractivity (Wildman–Crippen MR) is 72.7 cm³/mol. The summed E-state index contributed by atoms with van der Waals surface area (Å²) < 4.78 is 1.94. The van der Waals surface area contributed by atoms with Gasteiger partial charge < -0.3 is 5.32 Å². The zero-order chi connectivity index (χ0) is 12.2. The van der Waals surface area contributed by atoms with Gasteiger partial charge >= 0.3 is 0 Å². The molecule has 0 amide bonds. The van der Waals surface area contributed by atoms with Crippen molar-refractivity contribution in [1.82, 2.24) is 15.1 Å². The normalized spacial score (nSPS) is 16.2. The Bertz CT molecular complexity index is 484. The van der Waals surface area contributed by atoms with Gasteiger partial charge in [0.1, 0.15) is 0 Å². The largest absolute Gasteiger partial charge is 0.310 e. The molecule has 1 aliphatic carbocycles. The molecule has 1 fully saturated rings. The van der Waals surface area contributed by atoms with Gasteiger partial charge in [0.15, 0.2) is 0 Å². The molecule has 3 heteroatoms. The molecule has 0 aliphatic heterocycles. The Kier molecular flexibility index (Phi) is 3.42. The van der Waals surface area contributed by atoms with Gasteiger partial charge in [-0.05, 0) is 30.5 Å². The second-order valence-electron chi connectivity index (χ2n) is 4.94. The maximum absolute atomic E-state index is 4.32. The molecule has 1 aromatic heterocycles. The SMILES string of the molecule is c1ccc(-n2cccn2)c(CNC2CCCC2)c1. The first-order chi connectivity index (χ1) is 8.93. The van der Waals surface area contributed by atoms with Crippen molar-refractivity contribution in [3.8, 4) is 5.69 Å². The van der Waals surface area contributed by atoms with E-state index >= 15 is 0 Å². The molecule has 0 bridgehead atoms. The summed E-state index contributed by atoms with van der Waals surface area (Å²) in [5, 5.41) is 7.97. The first-order valence-corrected chi connectivity index (χ1v) is 6.75. The second-order valence-corrected chi connectivity index (χ2v) is 4.94. The summed E-state index contributed by atoms with van der Waals surface area (Å²) in [6, 6.07) is 11.1. The zero-order valence-corrected chi connectivity index (χ0v) is 10.5. The van der Waals surface area contributed by atoms with E-state index in [1.165, 1.54) is 36.9 Å². The Morgan fingerprint density at radius 2 is 2.00 bits per heavy atom. The van der Waals surface area contributed by atoms with Crippen LogP contribution < -0.4 is 5.32 Å². The third-order valence-corrected chi connectivity index (χ3v) is 3.68. The summed E-state index contributed by atoms with van der Waals surface area (Å²) in [7, 11) is 0. The van der Waals surface area contributed by atoms with Gasteiger partial charge in [-0.15, -0.1) is 0 Å². The molecule has 0 radical (unpaired) electrons. The highest BCUT2D eigenvalue weighted by Gasteiger charge is 2.14. The first kappa shape index (κ1) is 11.5. The van der Waals surface area contributed by atoms with Gasteiger partial charge in [-0.1, -0.05) is 31.0 Å². The highest BCUT2D eigenvalue weighted by atomic mass is 15.3. The van der Waals surface area contributed by atoms with E-state index in [0.29, 0.717) is 6.04 Å². The number of rotatable bonds is 4. The summed E-state index contributed by atoms with van der Waals surface area (Å²) in [6.07, 6.45) is 9.21. The van der Waals surface area contributed by atoms with Crippen molar-refractivity contribution < 1.29 is 0 Å². The fraction of sp³-hybridized carbons (Fsp3) is 0.400. The predicted octanol–water partition coefficient (Wildman–Crippen LogP) is 2.90. The average molecular weight is 241 g/mol. The molecule has 3 rings (SSSR count). The maximum atomic E-state index is 4.32. The topological polar surface area (TPSA) is 29.9 Å². The lowest BCUT2D eigenvalue weighted by Gasteiger charge is -2.14. The van der Waals surface area contributed by atoms with E-state index in [1.54, 1.807) is 0 Å². The van der Waals surface area contributed by atoms with Crippen LogP contribution in [-0.4, -0.2) is 15.8 Å². The van der Waals surface area contributed by atoms with Crippen molar-refractivity contribution in [2.24, 2.45) is 0 Å². The van der Waals surface area contributed by atoms with Crippen molar-refractivity contribution >= 4 is 0 Å². The van der Waals surface area contributed by atoms with E-state index in [9.17, 15) is 0 Å². The van der Waals surface area contributed by atoms with Crippen LogP contribution in [0.2, 0.25) is 0 Å². The fourth-order valence-corrected chi connectivity index (χ4v) is 2.68. The average Bonchev–Trinajstić information content (AvgIpc) is 3.10. The third-order valence-electron chi connectivity index (χ3n) is 3.68. The number of nitrogens with zero attached hydrogens (tertiary/aromatic N) is 2. The second kappa shape index (κ2) is 5.36. The number of benzene rings is 1. The highest BCUT2D eigenvalue weighted by Crippen LogP contribution is 2.19. The summed E-state index contributed by atoms with van der Waals surface area (Å²) in [6.45, 7) is 0.931. The van der Waals surface area contributed by atoms with Crippen LogP contribution in [0.5, 0.6) is 0 Å². The van der Waals surface area contributed by atoms with E-state index in [0.717, 1.165) is 6.54 Å². The molecular weight excluding hydrogens is 222 g/mol. The Morgan fingerprint density at radius 1 is 1.17 bits per heavy atom. The van der Waals surface area contributed by atoms with Crippen LogP contribution >= 0.6 is 0 Å². The molecule has 1 aromatic carbocycles. The minimum atomic E-state index is 0.704. The summed E-state index contributed by atoms with van der Waals surface area (Å²) in [5.74, 6) is 0. The summed E-state index contributed by atoms with van der Waals surface area (Å²) in [4.78, 5) is 0. The van der Waals surface area contributed by atoms with Gasteiger partial charge in [0.05, 0.1) is 5.69 Å². The van der Waals surface area contributed by atoms with E-state index in [4.69, 9.17) is 0 Å². The van der Waals surface area contributed by atoms with Crippen molar-refractivity contribution in [2.75, 3.05) is 0 Å². The first-order valence-electron chi connectivity index (χ1n) is 6.75. The number of para-hydroxylation sites is 1. The van der Waals surface area contributed by atoms with Crippen molar-refractivity contribution in [3.05, 3.63) is 48.3 Å². The van der Waals surface area contributed by atoms with E-state index in [1.807, 2.05) is 23.1 Å². The monoisotopic (exact) mass is 241 g/mol. The lowest BCUT2D eigenvalue weighted by molar-refractivity contribution is 0.523. The Morgan fingerprint density at radius 3 is 2.78 bits per heavy atom. The fourth-order valence-electron chi connectivity index (χ4n) is 2.68. The van der Waals surface area contributed by atoms with Gasteiger partial charge in [-0.25, -0.2) is 4.68 Å². The number of nitrogens with one attached hydrogen (secondary N) is 1. The van der Waals surface area contributed by atoms with E-state index in [2.05, 4.69) is 34.7 Å². The van der Waals surface area contributed by atoms with Gasteiger partial charge in [0.2, 0.25) is 0 Å². The third kappa shape index (κ3) is 2.46. The van der Waals surface area contributed by atoms with Crippen molar-refractivity contribution in [3.63, 3.8) is 0 Å². The van der Waals surface area contributed by atoms with Crippen molar-refractivity contribution in [1.29, 1.82) is 0 Å². The van der Waals surface area contributed by atoms with Crippen LogP contribution in [0.4, 0.5) is 0 Å². The van der Waals surface area contributed by atoms with E-state index in [-0.39, 0.29) is 0 Å². The molecular formula is C15H19N3. The lowest BCUT2D eigenvalue weighted by Crippen LogP contribution is -2.25. The van der Waals surface area contributed by atoms with Gasteiger partial charge in [-0.3, -0.25) is 0 Å². The minimum absolute atomic E-state index is 0.704. The van der Waals surface area contributed by atoms with Crippen LogP contribution in [-0.2, 0) is 6.54 Å². The van der Waals surface area contributed by atoms with Crippen LogP contribution in [0.1, 0.15) is 31.2 Å². The summed E-state index contributed by atoms with van der Waals surface area (Å²) in [5.41, 5.74) is 2.49. The maximum Gasteiger partial charge on any atom is 0.0690 e. The molecule has 0 spiro atoms. The smallest absolute Gasteiger partial charge is 0.0690 e. The van der Waals surface area contributed by atoms with Crippen LogP contribution in [0, 0.1) is 0 Å². The van der Waals surface area contributed by atoms with Gasteiger partial charge in [-0.2, -0.15) is 5.10 Å². The molecule has 0 unspecified atom stereocenters. The molecule has 1 heterocycles. The van der Waals surface area contributed by atoms with Crippen LogP contribution in [0.3, 0.4) is 0 Å². The molecule has 1 saturated carbocycles. The zero-order valence-electron chi connectivity index (χ0n) is 10.5. The number of hydrogen-bond donors (Lipinski definition) is 1. The number of hydrogen-bond acceptors (Lipinski definition) is 2. The molecule has 94 valence electrons. The Labute approximate surface area is 108 Å². The number of aromatic nitrogens is 2. The molecule has 1 aliphatic rings. The standard InChI is InChI=1S/C15H19N3/c1-4-9-15(18-11-5-10-17-18)13(6-1)12-16-14-7-2-3-8-14/h1,4-6,9-11,14,16H,2-3,7-8,12H2. The lowest BCUT2D eigenvalue weighted by atomic mass is 10.1. The molecule has 2 aromatic rings. The molecule has 0 saturated heterocycles. The van der Waals surface area contributed by atoms with Crippen LogP contribution in [0.25, 0.3) is 5.69 Å². The molecule has 0 atom stereocenters. The molecule has 1 N–H and O–H groups in total. The summed E-state index contributed by atoms with van der Waals surface area (Å²) >= 11 is 0. The molecule has 18 heavy (non-hydrogen) atoms. The highest BCUT2D eigenvalue weighted by molar-refractivity contribution is 5.40. The Balaban J connectivity index is 1.75. The quantitative estimate of drug-likeness (QED) is 0.892. The van der Waals surface area contributed by atoms with Gasteiger partial charge in [0.25, 0.3) is 0 Å². The minimum Gasteiger partial charge on any atom is -0.310 e. The van der Waals surface area contributed by atoms with Crippen LogP contribution in [0.15, 0.2) is 42.7 Å². The Hall–Kier alpha value is -1.61. The molecule has 3 nitrogen and oxygen atoms in total. The van der Waals surface area contributed by atoms with Gasteiger partial charge in [0, 0.05) is 25.0 Å². The van der Waals surface area contributed by atoms with E-state index < -0.39 is 0 Å².